The lowest BCUT2D eigenvalue weighted by atomic mass is 10.0. The van der Waals surface area contributed by atoms with Crippen molar-refractivity contribution < 1.29 is 13.2 Å². The van der Waals surface area contributed by atoms with E-state index in [9.17, 15) is 13.2 Å². The van der Waals surface area contributed by atoms with Crippen LogP contribution in [0.15, 0.2) is 72.5 Å². The van der Waals surface area contributed by atoms with Gasteiger partial charge in [0.25, 0.3) is 0 Å². The second-order valence-corrected chi connectivity index (χ2v) is 8.74. The highest BCUT2D eigenvalue weighted by atomic mass is 19.4. The summed E-state index contributed by atoms with van der Waals surface area (Å²) in [4.78, 5) is 10.7. The number of aromatic nitrogens is 3. The average molecular weight is 495 g/mol. The molecule has 3 aromatic rings. The number of benzene rings is 1. The second kappa shape index (κ2) is 10.9. The van der Waals surface area contributed by atoms with Gasteiger partial charge in [0.05, 0.1) is 16.8 Å². The number of H-pyrrole nitrogens is 1. The summed E-state index contributed by atoms with van der Waals surface area (Å²) in [5.74, 6) is -0.366. The van der Waals surface area contributed by atoms with E-state index in [1.54, 1.807) is 0 Å². The number of pyridine rings is 1. The molecule has 0 radical (unpaired) electrons. The van der Waals surface area contributed by atoms with E-state index in [4.69, 9.17) is 0 Å². The van der Waals surface area contributed by atoms with E-state index < -0.39 is 11.7 Å². The standard InChI is InChI=1S/C27H29F3N6/c1-4-8-23(27(28,29)30)26(31-3)33-18(2)25-22-14-20(9-10-24(22)34-35-25)21-13-19(15-32-16-21)17-36-11-6-5-7-12-36/h4,8-10,13-16H,1-2,5-7,11-12,17H2,3H3,(H,31,33)(H,34,35)/b23-8+. The Morgan fingerprint density at radius 1 is 1.17 bits per heavy atom. The number of nitrogens with zero attached hydrogens (tertiary/aromatic N) is 4. The van der Waals surface area contributed by atoms with Crippen LogP contribution in [0, 0.1) is 0 Å². The third kappa shape index (κ3) is 5.73. The van der Waals surface area contributed by atoms with Gasteiger partial charge in [0.1, 0.15) is 11.5 Å². The molecular weight excluding hydrogens is 465 g/mol. The average Bonchev–Trinajstić information content (AvgIpc) is 3.29. The molecule has 0 spiro atoms. The van der Waals surface area contributed by atoms with Crippen LogP contribution >= 0.6 is 0 Å². The van der Waals surface area contributed by atoms with Gasteiger partial charge in [-0.2, -0.15) is 18.3 Å². The van der Waals surface area contributed by atoms with Gasteiger partial charge in [0.15, 0.2) is 0 Å². The van der Waals surface area contributed by atoms with Crippen LogP contribution in [0.1, 0.15) is 30.5 Å². The molecule has 188 valence electrons. The summed E-state index contributed by atoms with van der Waals surface area (Å²) in [7, 11) is 1.28. The Morgan fingerprint density at radius 3 is 2.64 bits per heavy atom. The monoisotopic (exact) mass is 494 g/mol. The van der Waals surface area contributed by atoms with Crippen LogP contribution in [-0.4, -0.2) is 52.2 Å². The molecule has 4 rings (SSSR count). The maximum atomic E-state index is 13.5. The van der Waals surface area contributed by atoms with Crippen molar-refractivity contribution in [2.75, 3.05) is 20.1 Å². The van der Waals surface area contributed by atoms with E-state index in [1.165, 1.54) is 26.3 Å². The number of likely N-dealkylation sites (tertiary alicyclic amines) is 1. The minimum Gasteiger partial charge on any atom is -0.339 e. The molecule has 6 nitrogen and oxygen atoms in total. The van der Waals surface area contributed by atoms with Gasteiger partial charge in [-0.15, -0.1) is 0 Å². The molecule has 1 aromatic carbocycles. The summed E-state index contributed by atoms with van der Waals surface area (Å²) in [5.41, 5.74) is 3.42. The molecule has 1 fully saturated rings. The summed E-state index contributed by atoms with van der Waals surface area (Å²) in [6, 6.07) is 7.93. The molecule has 2 N–H and O–H groups in total. The molecule has 0 atom stereocenters. The number of aromatic amines is 1. The first-order valence-corrected chi connectivity index (χ1v) is 11.8. The number of aliphatic imine (C=N–C) groups is 1. The molecule has 9 heteroatoms. The zero-order valence-corrected chi connectivity index (χ0v) is 20.2. The van der Waals surface area contributed by atoms with Crippen LogP contribution in [0.5, 0.6) is 0 Å². The predicted molar refractivity (Wildman–Crippen MR) is 138 cm³/mol. The minimum atomic E-state index is -4.61. The van der Waals surface area contributed by atoms with Crippen molar-refractivity contribution in [2.45, 2.75) is 32.0 Å². The molecule has 1 aliphatic heterocycles. The van der Waals surface area contributed by atoms with Crippen LogP contribution in [0.25, 0.3) is 27.7 Å². The number of hydrogen-bond acceptors (Lipinski definition) is 4. The summed E-state index contributed by atoms with van der Waals surface area (Å²) in [6.45, 7) is 10.4. The van der Waals surface area contributed by atoms with Gasteiger partial charge in [-0.3, -0.25) is 20.0 Å². The van der Waals surface area contributed by atoms with Gasteiger partial charge in [0, 0.05) is 36.9 Å². The topological polar surface area (TPSA) is 69.2 Å². The lowest BCUT2D eigenvalue weighted by molar-refractivity contribution is -0.0862. The fourth-order valence-corrected chi connectivity index (χ4v) is 4.40. The van der Waals surface area contributed by atoms with Crippen LogP contribution < -0.4 is 5.32 Å². The normalized spacial score (nSPS) is 15.8. The molecule has 3 heterocycles. The zero-order valence-electron chi connectivity index (χ0n) is 20.2. The van der Waals surface area contributed by atoms with Gasteiger partial charge in [-0.25, -0.2) is 0 Å². The fourth-order valence-electron chi connectivity index (χ4n) is 4.40. The summed E-state index contributed by atoms with van der Waals surface area (Å²) in [6.07, 6.45) is 4.78. The first-order valence-electron chi connectivity index (χ1n) is 11.8. The van der Waals surface area contributed by atoms with E-state index in [2.05, 4.69) is 49.6 Å². The van der Waals surface area contributed by atoms with Crippen LogP contribution in [-0.2, 0) is 6.54 Å². The van der Waals surface area contributed by atoms with Crippen molar-refractivity contribution in [3.63, 3.8) is 0 Å². The SMILES string of the molecule is C=C/C=C(\C(=NC)NC(=C)c1n[nH]c2ccc(-c3cncc(CN4CCCCC4)c3)cc12)C(F)(F)F. The quantitative estimate of drug-likeness (QED) is 0.245. The molecular formula is C27H29F3N6. The Balaban J connectivity index is 1.60. The summed E-state index contributed by atoms with van der Waals surface area (Å²) < 4.78 is 40.5. The fraction of sp³-hybridized carbons (Fsp3) is 0.296. The predicted octanol–water partition coefficient (Wildman–Crippen LogP) is 5.87. The lowest BCUT2D eigenvalue weighted by Gasteiger charge is -2.26. The van der Waals surface area contributed by atoms with Gasteiger partial charge < -0.3 is 5.32 Å². The number of amidine groups is 1. The molecule has 1 saturated heterocycles. The first kappa shape index (κ1) is 25.4. The van der Waals surface area contributed by atoms with Crippen molar-refractivity contribution >= 4 is 22.4 Å². The smallest absolute Gasteiger partial charge is 0.339 e. The number of alkyl halides is 3. The third-order valence-corrected chi connectivity index (χ3v) is 6.17. The Morgan fingerprint density at radius 2 is 1.94 bits per heavy atom. The Hall–Kier alpha value is -3.72. The van der Waals surface area contributed by atoms with Gasteiger partial charge in [0.2, 0.25) is 0 Å². The van der Waals surface area contributed by atoms with Gasteiger partial charge in [-0.05, 0) is 61.3 Å². The molecule has 36 heavy (non-hydrogen) atoms. The van der Waals surface area contributed by atoms with Crippen LogP contribution in [0.3, 0.4) is 0 Å². The third-order valence-electron chi connectivity index (χ3n) is 6.17. The molecule has 2 aromatic heterocycles. The van der Waals surface area contributed by atoms with E-state index in [0.717, 1.165) is 59.4 Å². The number of piperidine rings is 1. The highest BCUT2D eigenvalue weighted by molar-refractivity contribution is 6.05. The highest BCUT2D eigenvalue weighted by Crippen LogP contribution is 2.30. The number of hydrogen-bond donors (Lipinski definition) is 2. The van der Waals surface area contributed by atoms with Crippen molar-refractivity contribution in [3.8, 4) is 11.1 Å². The van der Waals surface area contributed by atoms with Gasteiger partial charge in [-0.1, -0.05) is 31.7 Å². The van der Waals surface area contributed by atoms with Crippen LogP contribution in [0.4, 0.5) is 13.2 Å². The maximum Gasteiger partial charge on any atom is 0.419 e. The number of nitrogens with one attached hydrogen (secondary N) is 2. The zero-order chi connectivity index (χ0) is 25.7. The lowest BCUT2D eigenvalue weighted by Crippen LogP contribution is -2.31. The number of fused-ring (bicyclic) bond motifs is 1. The van der Waals surface area contributed by atoms with Crippen molar-refractivity contribution in [3.05, 3.63) is 78.8 Å². The van der Waals surface area contributed by atoms with E-state index in [1.807, 2.05) is 30.6 Å². The van der Waals surface area contributed by atoms with Crippen molar-refractivity contribution in [1.82, 2.24) is 25.4 Å². The molecule has 0 amide bonds. The summed E-state index contributed by atoms with van der Waals surface area (Å²) in [5, 5.41) is 10.6. The Bertz CT molecular complexity index is 1310. The molecule has 1 aliphatic rings. The number of allylic oxidation sites excluding steroid dienone is 2. The van der Waals surface area contributed by atoms with Crippen LogP contribution in [0.2, 0.25) is 0 Å². The van der Waals surface area contributed by atoms with E-state index >= 15 is 0 Å². The molecule has 0 unspecified atom stereocenters. The van der Waals surface area contributed by atoms with E-state index in [-0.39, 0.29) is 11.5 Å². The molecule has 0 saturated carbocycles. The van der Waals surface area contributed by atoms with E-state index in [0.29, 0.717) is 5.69 Å². The highest BCUT2D eigenvalue weighted by Gasteiger charge is 2.37. The number of rotatable bonds is 7. The first-order chi connectivity index (χ1) is 17.3. The summed E-state index contributed by atoms with van der Waals surface area (Å²) >= 11 is 0. The minimum absolute atomic E-state index is 0.190. The number of halogens is 3. The maximum absolute atomic E-state index is 13.5. The Kier molecular flexibility index (Phi) is 7.69. The second-order valence-electron chi connectivity index (χ2n) is 8.74. The molecule has 0 bridgehead atoms. The van der Waals surface area contributed by atoms with Crippen molar-refractivity contribution in [2.24, 2.45) is 4.99 Å². The van der Waals surface area contributed by atoms with Gasteiger partial charge >= 0.3 is 6.18 Å². The molecule has 0 aliphatic carbocycles. The van der Waals surface area contributed by atoms with Crippen molar-refractivity contribution in [1.29, 1.82) is 0 Å². The Labute approximate surface area is 208 Å². The largest absolute Gasteiger partial charge is 0.419 e.